The van der Waals surface area contributed by atoms with Gasteiger partial charge in [0, 0.05) is 31.9 Å². The molecule has 0 radical (unpaired) electrons. The molecule has 0 bridgehead atoms. The van der Waals surface area contributed by atoms with Crippen molar-refractivity contribution in [3.05, 3.63) is 18.0 Å². The number of nitrogens with one attached hydrogen (secondary N) is 1. The van der Waals surface area contributed by atoms with Crippen LogP contribution in [0.3, 0.4) is 0 Å². The van der Waals surface area contributed by atoms with Crippen LogP contribution in [0.15, 0.2) is 12.3 Å². The van der Waals surface area contributed by atoms with Crippen LogP contribution in [0.25, 0.3) is 0 Å². The van der Waals surface area contributed by atoms with Gasteiger partial charge in [0.2, 0.25) is 0 Å². The van der Waals surface area contributed by atoms with Crippen molar-refractivity contribution < 1.29 is 4.74 Å². The van der Waals surface area contributed by atoms with Gasteiger partial charge in [-0.25, -0.2) is 0 Å². The third kappa shape index (κ3) is 3.33. The van der Waals surface area contributed by atoms with Crippen LogP contribution in [0, 0.1) is 5.92 Å². The van der Waals surface area contributed by atoms with Gasteiger partial charge in [-0.2, -0.15) is 5.10 Å². The lowest BCUT2D eigenvalue weighted by atomic mass is 10.00. The van der Waals surface area contributed by atoms with Crippen molar-refractivity contribution >= 4 is 0 Å². The van der Waals surface area contributed by atoms with Crippen molar-refractivity contribution in [2.24, 2.45) is 5.92 Å². The third-order valence-corrected chi connectivity index (χ3v) is 3.65. The minimum absolute atomic E-state index is 0.437. The number of aromatic nitrogens is 2. The predicted molar refractivity (Wildman–Crippen MR) is 72.5 cm³/mol. The lowest BCUT2D eigenvalue weighted by Crippen LogP contribution is -2.28. The molecule has 1 fully saturated rings. The Morgan fingerprint density at radius 1 is 1.56 bits per heavy atom. The average molecular weight is 251 g/mol. The molecule has 2 heterocycles. The SMILES string of the molecule is CCC1OCCC1CNCc1ccn(C(C)C)n1. The third-order valence-electron chi connectivity index (χ3n) is 3.65. The minimum atomic E-state index is 0.437. The van der Waals surface area contributed by atoms with Gasteiger partial charge in [0.1, 0.15) is 0 Å². The van der Waals surface area contributed by atoms with E-state index in [0.717, 1.165) is 31.8 Å². The fourth-order valence-electron chi connectivity index (χ4n) is 2.52. The van der Waals surface area contributed by atoms with Gasteiger partial charge >= 0.3 is 0 Å². The molecule has 102 valence electrons. The van der Waals surface area contributed by atoms with Crippen LogP contribution in [0.5, 0.6) is 0 Å². The van der Waals surface area contributed by atoms with Crippen LogP contribution >= 0.6 is 0 Å². The molecule has 0 spiro atoms. The molecule has 1 aliphatic heterocycles. The molecule has 2 rings (SSSR count). The zero-order valence-corrected chi connectivity index (χ0v) is 11.7. The molecule has 2 unspecified atom stereocenters. The van der Waals surface area contributed by atoms with Crippen molar-refractivity contribution in [3.8, 4) is 0 Å². The lowest BCUT2D eigenvalue weighted by Gasteiger charge is -2.16. The molecule has 1 N–H and O–H groups in total. The number of hydrogen-bond donors (Lipinski definition) is 1. The summed E-state index contributed by atoms with van der Waals surface area (Å²) in [6, 6.07) is 2.53. The quantitative estimate of drug-likeness (QED) is 0.843. The molecule has 0 saturated carbocycles. The Balaban J connectivity index is 1.74. The van der Waals surface area contributed by atoms with E-state index in [1.54, 1.807) is 0 Å². The van der Waals surface area contributed by atoms with Crippen molar-refractivity contribution in [2.75, 3.05) is 13.2 Å². The second kappa shape index (κ2) is 6.34. The van der Waals surface area contributed by atoms with Gasteiger partial charge in [0.25, 0.3) is 0 Å². The number of hydrogen-bond acceptors (Lipinski definition) is 3. The summed E-state index contributed by atoms with van der Waals surface area (Å²) in [6.45, 7) is 9.30. The van der Waals surface area contributed by atoms with Crippen LogP contribution in [0.1, 0.15) is 45.3 Å². The Kier molecular flexibility index (Phi) is 4.78. The van der Waals surface area contributed by atoms with Gasteiger partial charge in [-0.15, -0.1) is 0 Å². The van der Waals surface area contributed by atoms with E-state index in [1.165, 1.54) is 6.42 Å². The van der Waals surface area contributed by atoms with Crippen LogP contribution in [0.2, 0.25) is 0 Å². The van der Waals surface area contributed by atoms with Gasteiger partial charge < -0.3 is 10.1 Å². The Morgan fingerprint density at radius 3 is 3.06 bits per heavy atom. The van der Waals surface area contributed by atoms with E-state index in [-0.39, 0.29) is 0 Å². The standard InChI is InChI=1S/C14H25N3O/c1-4-14-12(6-8-18-14)9-15-10-13-5-7-17(16-13)11(2)3/h5,7,11-12,14-15H,4,6,8-10H2,1-3H3. The zero-order chi connectivity index (χ0) is 13.0. The lowest BCUT2D eigenvalue weighted by molar-refractivity contribution is 0.0872. The first kappa shape index (κ1) is 13.6. The Bertz CT molecular complexity index is 362. The van der Waals surface area contributed by atoms with Gasteiger partial charge in [-0.05, 0) is 38.7 Å². The largest absolute Gasteiger partial charge is 0.378 e. The molecule has 0 aliphatic carbocycles. The predicted octanol–water partition coefficient (Wildman–Crippen LogP) is 2.37. The molecule has 1 saturated heterocycles. The summed E-state index contributed by atoms with van der Waals surface area (Å²) in [5.74, 6) is 0.669. The highest BCUT2D eigenvalue weighted by molar-refractivity contribution is 4.99. The smallest absolute Gasteiger partial charge is 0.0762 e. The van der Waals surface area contributed by atoms with Gasteiger partial charge in [-0.1, -0.05) is 6.92 Å². The fraction of sp³-hybridized carbons (Fsp3) is 0.786. The molecule has 4 nitrogen and oxygen atoms in total. The van der Waals surface area contributed by atoms with Crippen LogP contribution in [0.4, 0.5) is 0 Å². The maximum Gasteiger partial charge on any atom is 0.0762 e. The highest BCUT2D eigenvalue weighted by atomic mass is 16.5. The van der Waals surface area contributed by atoms with Crippen LogP contribution in [-0.4, -0.2) is 29.0 Å². The van der Waals surface area contributed by atoms with Crippen molar-refractivity contribution in [1.29, 1.82) is 0 Å². The molecule has 18 heavy (non-hydrogen) atoms. The molecule has 0 amide bonds. The molecular formula is C14H25N3O. The Morgan fingerprint density at radius 2 is 2.39 bits per heavy atom. The minimum Gasteiger partial charge on any atom is -0.378 e. The first-order valence-corrected chi connectivity index (χ1v) is 7.07. The maximum atomic E-state index is 5.69. The van der Waals surface area contributed by atoms with Crippen molar-refractivity contribution in [2.45, 2.75) is 52.3 Å². The summed E-state index contributed by atoms with van der Waals surface area (Å²) in [5, 5.41) is 8.04. The summed E-state index contributed by atoms with van der Waals surface area (Å²) in [7, 11) is 0. The second-order valence-corrected chi connectivity index (χ2v) is 5.38. The van der Waals surface area contributed by atoms with Crippen molar-refractivity contribution in [1.82, 2.24) is 15.1 Å². The number of rotatable bonds is 6. The van der Waals surface area contributed by atoms with E-state index in [9.17, 15) is 0 Å². The fourth-order valence-corrected chi connectivity index (χ4v) is 2.52. The van der Waals surface area contributed by atoms with E-state index in [4.69, 9.17) is 4.74 Å². The first-order chi connectivity index (χ1) is 8.70. The normalized spacial score (nSPS) is 24.0. The zero-order valence-electron chi connectivity index (χ0n) is 11.7. The summed E-state index contributed by atoms with van der Waals surface area (Å²) in [6.07, 6.45) is 4.81. The van der Waals surface area contributed by atoms with Crippen LogP contribution < -0.4 is 5.32 Å². The molecule has 2 atom stereocenters. The van der Waals surface area contributed by atoms with Gasteiger partial charge in [0.15, 0.2) is 0 Å². The first-order valence-electron chi connectivity index (χ1n) is 7.07. The highest BCUT2D eigenvalue weighted by Gasteiger charge is 2.25. The second-order valence-electron chi connectivity index (χ2n) is 5.38. The van der Waals surface area contributed by atoms with E-state index < -0.39 is 0 Å². The molecular weight excluding hydrogens is 226 g/mol. The van der Waals surface area contributed by atoms with E-state index in [0.29, 0.717) is 18.1 Å². The summed E-state index contributed by atoms with van der Waals surface area (Å²) >= 11 is 0. The number of nitrogens with zero attached hydrogens (tertiary/aromatic N) is 2. The topological polar surface area (TPSA) is 39.1 Å². The average Bonchev–Trinajstić information content (AvgIpc) is 2.97. The molecule has 1 aromatic rings. The van der Waals surface area contributed by atoms with Gasteiger partial charge in [-0.3, -0.25) is 4.68 Å². The van der Waals surface area contributed by atoms with E-state index in [2.05, 4.69) is 43.4 Å². The van der Waals surface area contributed by atoms with Crippen LogP contribution in [-0.2, 0) is 11.3 Å². The monoisotopic (exact) mass is 251 g/mol. The molecule has 1 aliphatic rings. The van der Waals surface area contributed by atoms with Crippen molar-refractivity contribution in [3.63, 3.8) is 0 Å². The summed E-state index contributed by atoms with van der Waals surface area (Å²) in [5.41, 5.74) is 1.12. The van der Waals surface area contributed by atoms with E-state index in [1.807, 2.05) is 4.68 Å². The highest BCUT2D eigenvalue weighted by Crippen LogP contribution is 2.22. The maximum absolute atomic E-state index is 5.69. The number of ether oxygens (including phenoxy) is 1. The summed E-state index contributed by atoms with van der Waals surface area (Å²) < 4.78 is 7.70. The van der Waals surface area contributed by atoms with Gasteiger partial charge in [0.05, 0.1) is 11.8 Å². The van der Waals surface area contributed by atoms with E-state index >= 15 is 0 Å². The Hall–Kier alpha value is -0.870. The summed E-state index contributed by atoms with van der Waals surface area (Å²) in [4.78, 5) is 0. The molecule has 4 heteroatoms. The molecule has 0 aromatic carbocycles. The Labute approximate surface area is 110 Å². The molecule has 1 aromatic heterocycles.